The van der Waals surface area contributed by atoms with Gasteiger partial charge in [-0.3, -0.25) is 0 Å². The topological polar surface area (TPSA) is 146 Å². The van der Waals surface area contributed by atoms with Crippen molar-refractivity contribution in [2.24, 2.45) is 10.2 Å². The first kappa shape index (κ1) is 27.8. The van der Waals surface area contributed by atoms with Gasteiger partial charge in [-0.15, -0.1) is 10.2 Å². The molecule has 1 N–H and O–H groups in total. The van der Waals surface area contributed by atoms with Gasteiger partial charge in [0.2, 0.25) is 0 Å². The van der Waals surface area contributed by atoms with Crippen LogP contribution in [0.5, 0.6) is 0 Å². The first-order chi connectivity index (χ1) is 20.5. The van der Waals surface area contributed by atoms with Crippen molar-refractivity contribution < 1.29 is 27.9 Å². The predicted molar refractivity (Wildman–Crippen MR) is 154 cm³/mol. The van der Waals surface area contributed by atoms with Crippen LogP contribution in [0.25, 0.3) is 22.6 Å². The molecule has 212 valence electrons. The first-order valence-corrected chi connectivity index (χ1v) is 13.0. The van der Waals surface area contributed by atoms with E-state index in [1.807, 2.05) is 12.1 Å². The van der Waals surface area contributed by atoms with E-state index < -0.39 is 11.9 Å². The number of hydrogen-bond donors (Lipinski definition) is 1. The van der Waals surface area contributed by atoms with Crippen molar-refractivity contribution in [1.82, 2.24) is 14.9 Å². The van der Waals surface area contributed by atoms with Crippen molar-refractivity contribution >= 4 is 30.3 Å². The van der Waals surface area contributed by atoms with Gasteiger partial charge in [0.15, 0.2) is 0 Å². The third kappa shape index (κ3) is 6.67. The Labute approximate surface area is 240 Å². The van der Waals surface area contributed by atoms with Crippen LogP contribution in [-0.4, -0.2) is 52.5 Å². The van der Waals surface area contributed by atoms with E-state index in [-0.39, 0.29) is 5.95 Å². The Kier molecular flexibility index (Phi) is 8.63. The molecule has 0 atom stereocenters. The smallest absolute Gasteiger partial charge is 0.338 e. The molecule has 12 heteroatoms. The van der Waals surface area contributed by atoms with Gasteiger partial charge in [-0.2, -0.15) is 14.9 Å². The Balaban J connectivity index is 1.22. The van der Waals surface area contributed by atoms with Crippen LogP contribution in [0, 0.1) is 0 Å². The molecule has 0 fully saturated rings. The summed E-state index contributed by atoms with van der Waals surface area (Å²) in [4.78, 5) is 24.1. The van der Waals surface area contributed by atoms with E-state index in [2.05, 4.69) is 25.8 Å². The van der Waals surface area contributed by atoms with Crippen LogP contribution >= 0.6 is 0 Å². The summed E-state index contributed by atoms with van der Waals surface area (Å²) < 4.78 is 23.2. The van der Waals surface area contributed by atoms with Crippen molar-refractivity contribution in [3.05, 3.63) is 102 Å². The number of aromatic nitrogens is 3. The standard InChI is InChI=1S/C30H26N6O6/c1-3-39-28(37)22-9-5-7-20(15-22)26-13-11-24(41-26)17-31-34-30-35-32-19-36(30)33-18-25-12-14-27(42-25)21-8-6-10-23(16-21)29(38)40-4-2/h5-19H,3-4H2,1-2H3,(H,34,35)/b31-17-,33-18+. The fraction of sp³-hybridized carbons (Fsp3) is 0.133. The van der Waals surface area contributed by atoms with Crippen molar-refractivity contribution in [3.63, 3.8) is 0 Å². The summed E-state index contributed by atoms with van der Waals surface area (Å²) >= 11 is 0. The van der Waals surface area contributed by atoms with Crippen molar-refractivity contribution in [2.45, 2.75) is 13.8 Å². The highest BCUT2D eigenvalue weighted by atomic mass is 16.5. The van der Waals surface area contributed by atoms with Gasteiger partial charge in [0.1, 0.15) is 29.4 Å². The van der Waals surface area contributed by atoms with Crippen molar-refractivity contribution in [2.75, 3.05) is 18.6 Å². The second-order valence-electron chi connectivity index (χ2n) is 8.62. The highest BCUT2D eigenvalue weighted by Gasteiger charge is 2.11. The van der Waals surface area contributed by atoms with E-state index in [4.69, 9.17) is 18.3 Å². The number of hydrazone groups is 1. The lowest BCUT2D eigenvalue weighted by Gasteiger charge is -2.03. The monoisotopic (exact) mass is 566 g/mol. The van der Waals surface area contributed by atoms with Crippen molar-refractivity contribution in [3.8, 4) is 22.6 Å². The SMILES string of the molecule is CCOC(=O)c1cccc(-c2ccc(/C=N\Nc3nncn3/N=C/c3ccc(-c4cccc(C(=O)OCC)c4)o3)o2)c1. The molecule has 5 aromatic rings. The normalized spacial score (nSPS) is 11.3. The van der Waals surface area contributed by atoms with Gasteiger partial charge in [0.25, 0.3) is 5.95 Å². The van der Waals surface area contributed by atoms with Crippen molar-refractivity contribution in [1.29, 1.82) is 0 Å². The molecule has 0 spiro atoms. The van der Waals surface area contributed by atoms with Gasteiger partial charge in [-0.1, -0.05) is 24.3 Å². The Morgan fingerprint density at radius 1 is 0.833 bits per heavy atom. The third-order valence-corrected chi connectivity index (χ3v) is 5.77. The Morgan fingerprint density at radius 3 is 1.98 bits per heavy atom. The minimum Gasteiger partial charge on any atom is -0.462 e. The summed E-state index contributed by atoms with van der Waals surface area (Å²) in [6.45, 7) is 4.12. The van der Waals surface area contributed by atoms with Gasteiger partial charge < -0.3 is 18.3 Å². The lowest BCUT2D eigenvalue weighted by Crippen LogP contribution is -2.04. The highest BCUT2D eigenvalue weighted by Crippen LogP contribution is 2.24. The van der Waals surface area contributed by atoms with Crippen LogP contribution in [-0.2, 0) is 9.47 Å². The molecule has 0 aliphatic carbocycles. The minimum atomic E-state index is -0.392. The molecule has 0 saturated carbocycles. The maximum atomic E-state index is 12.0. The van der Waals surface area contributed by atoms with Gasteiger partial charge in [-0.05, 0) is 62.4 Å². The molecule has 3 heterocycles. The zero-order valence-corrected chi connectivity index (χ0v) is 22.8. The van der Waals surface area contributed by atoms with E-state index >= 15 is 0 Å². The van der Waals surface area contributed by atoms with Crippen LogP contribution in [0.4, 0.5) is 5.95 Å². The summed E-state index contributed by atoms with van der Waals surface area (Å²) in [6.07, 6.45) is 4.38. The number of carbonyl (C=O) groups is 2. The minimum absolute atomic E-state index is 0.255. The first-order valence-electron chi connectivity index (χ1n) is 13.0. The molecule has 0 aliphatic rings. The van der Waals surface area contributed by atoms with E-state index in [0.29, 0.717) is 47.4 Å². The maximum absolute atomic E-state index is 12.0. The molecule has 0 radical (unpaired) electrons. The Hall–Kier alpha value is -5.78. The third-order valence-electron chi connectivity index (χ3n) is 5.77. The molecule has 0 unspecified atom stereocenters. The lowest BCUT2D eigenvalue weighted by molar-refractivity contribution is 0.0517. The molecular weight excluding hydrogens is 540 g/mol. The summed E-state index contributed by atoms with van der Waals surface area (Å²) in [5.74, 6) is 1.56. The number of benzene rings is 2. The second kappa shape index (κ2) is 13.0. The molecule has 0 bridgehead atoms. The zero-order valence-electron chi connectivity index (χ0n) is 22.8. The van der Waals surface area contributed by atoms with Crippen LogP contribution in [0.2, 0.25) is 0 Å². The van der Waals surface area contributed by atoms with Crippen LogP contribution in [0.15, 0.2) is 98.2 Å². The number of anilines is 1. The number of furan rings is 2. The van der Waals surface area contributed by atoms with Gasteiger partial charge in [0, 0.05) is 11.1 Å². The Morgan fingerprint density at radius 2 is 1.40 bits per heavy atom. The fourth-order valence-electron chi connectivity index (χ4n) is 3.84. The predicted octanol–water partition coefficient (Wildman–Crippen LogP) is 5.48. The quantitative estimate of drug-likeness (QED) is 0.125. The number of nitrogens with zero attached hydrogens (tertiary/aromatic N) is 5. The summed E-state index contributed by atoms with van der Waals surface area (Å²) in [7, 11) is 0. The zero-order chi connectivity index (χ0) is 29.3. The number of rotatable bonds is 11. The fourth-order valence-corrected chi connectivity index (χ4v) is 3.84. The number of ether oxygens (including phenoxy) is 2. The summed E-state index contributed by atoms with van der Waals surface area (Å²) in [5, 5.41) is 16.3. The molecular formula is C30H26N6O6. The number of carbonyl (C=O) groups excluding carboxylic acids is 2. The molecule has 2 aromatic carbocycles. The number of nitrogens with one attached hydrogen (secondary N) is 1. The molecule has 0 aliphatic heterocycles. The number of hydrogen-bond acceptors (Lipinski definition) is 11. The number of esters is 2. The maximum Gasteiger partial charge on any atom is 0.338 e. The highest BCUT2D eigenvalue weighted by molar-refractivity contribution is 5.91. The van der Waals surface area contributed by atoms with Gasteiger partial charge in [-0.25, -0.2) is 15.0 Å². The van der Waals surface area contributed by atoms with E-state index in [9.17, 15) is 9.59 Å². The average Bonchev–Trinajstić information content (AvgIpc) is 3.78. The molecule has 5 rings (SSSR count). The van der Waals surface area contributed by atoms with E-state index in [0.717, 1.165) is 11.1 Å². The van der Waals surface area contributed by atoms with Crippen LogP contribution in [0.1, 0.15) is 46.1 Å². The average molecular weight is 567 g/mol. The molecule has 3 aromatic heterocycles. The van der Waals surface area contributed by atoms with Gasteiger partial charge >= 0.3 is 11.9 Å². The molecule has 0 saturated heterocycles. The summed E-state index contributed by atoms with van der Waals surface area (Å²) in [6, 6.07) is 21.1. The molecule has 12 nitrogen and oxygen atoms in total. The lowest BCUT2D eigenvalue weighted by atomic mass is 10.1. The summed E-state index contributed by atoms with van der Waals surface area (Å²) in [5.41, 5.74) is 5.12. The molecule has 42 heavy (non-hydrogen) atoms. The largest absolute Gasteiger partial charge is 0.462 e. The Bertz CT molecular complexity index is 1750. The molecule has 0 amide bonds. The second-order valence-corrected chi connectivity index (χ2v) is 8.62. The van der Waals surface area contributed by atoms with Gasteiger partial charge in [0.05, 0.1) is 36.8 Å². The van der Waals surface area contributed by atoms with E-state index in [1.165, 1.54) is 23.4 Å². The van der Waals surface area contributed by atoms with E-state index in [1.54, 1.807) is 74.5 Å². The van der Waals surface area contributed by atoms with Crippen LogP contribution < -0.4 is 5.43 Å². The van der Waals surface area contributed by atoms with Crippen LogP contribution in [0.3, 0.4) is 0 Å².